The Balaban J connectivity index is 1.97. The number of carbonyl (C=O) groups excluding carboxylic acids is 1. The van der Waals surface area contributed by atoms with E-state index >= 15 is 0 Å². The number of nitrogens with two attached hydrogens (primary N) is 1. The number of carbonyl (C=O) groups is 1. The molecule has 0 bridgehead atoms. The molecule has 0 saturated heterocycles. The van der Waals surface area contributed by atoms with Crippen molar-refractivity contribution in [1.29, 1.82) is 0 Å². The van der Waals surface area contributed by atoms with Crippen molar-refractivity contribution in [3.63, 3.8) is 0 Å². The summed E-state index contributed by atoms with van der Waals surface area (Å²) in [5, 5.41) is 5.02. The average molecular weight is 290 g/mol. The standard InChI is InChI=1S/C19H18N2O/c1-2-13-12-15(20)10-11-18(13)21-19(22)17-9-5-7-14-6-3-4-8-16(14)17/h3-12H,2,20H2,1H3,(H,21,22). The molecule has 3 aromatic rings. The molecule has 0 aliphatic carbocycles. The largest absolute Gasteiger partial charge is 0.399 e. The molecule has 0 unspecified atom stereocenters. The van der Waals surface area contributed by atoms with Gasteiger partial charge in [-0.25, -0.2) is 0 Å². The van der Waals surface area contributed by atoms with Crippen LogP contribution in [0.25, 0.3) is 10.8 Å². The van der Waals surface area contributed by atoms with Gasteiger partial charge in [0.05, 0.1) is 0 Å². The minimum Gasteiger partial charge on any atom is -0.399 e. The van der Waals surface area contributed by atoms with E-state index in [0.29, 0.717) is 11.3 Å². The molecule has 0 radical (unpaired) electrons. The number of amides is 1. The Hall–Kier alpha value is -2.81. The average Bonchev–Trinajstić information content (AvgIpc) is 2.55. The fraction of sp³-hybridized carbons (Fsp3) is 0.105. The molecule has 22 heavy (non-hydrogen) atoms. The normalized spacial score (nSPS) is 10.6. The van der Waals surface area contributed by atoms with Crippen molar-refractivity contribution in [3.8, 4) is 0 Å². The summed E-state index contributed by atoms with van der Waals surface area (Å²) in [5.74, 6) is -0.101. The van der Waals surface area contributed by atoms with E-state index in [4.69, 9.17) is 5.73 Å². The highest BCUT2D eigenvalue weighted by Gasteiger charge is 2.11. The number of benzene rings is 3. The molecular weight excluding hydrogens is 272 g/mol. The van der Waals surface area contributed by atoms with E-state index in [1.54, 1.807) is 6.07 Å². The maximum atomic E-state index is 12.6. The lowest BCUT2D eigenvalue weighted by Gasteiger charge is -2.12. The number of hydrogen-bond acceptors (Lipinski definition) is 2. The van der Waals surface area contributed by atoms with Crippen LogP contribution in [0.15, 0.2) is 60.7 Å². The van der Waals surface area contributed by atoms with Crippen molar-refractivity contribution in [2.45, 2.75) is 13.3 Å². The lowest BCUT2D eigenvalue weighted by atomic mass is 10.0. The van der Waals surface area contributed by atoms with Crippen molar-refractivity contribution >= 4 is 28.1 Å². The number of nitrogen functional groups attached to an aromatic ring is 1. The molecule has 0 aliphatic heterocycles. The second-order valence-electron chi connectivity index (χ2n) is 5.25. The maximum Gasteiger partial charge on any atom is 0.256 e. The first-order valence-corrected chi connectivity index (χ1v) is 7.36. The lowest BCUT2D eigenvalue weighted by Crippen LogP contribution is -2.13. The zero-order valence-corrected chi connectivity index (χ0v) is 12.5. The Labute approximate surface area is 129 Å². The molecule has 3 rings (SSSR count). The van der Waals surface area contributed by atoms with Gasteiger partial charge in [-0.15, -0.1) is 0 Å². The van der Waals surface area contributed by atoms with Gasteiger partial charge in [0.15, 0.2) is 0 Å². The van der Waals surface area contributed by atoms with Crippen LogP contribution in [0.5, 0.6) is 0 Å². The summed E-state index contributed by atoms with van der Waals surface area (Å²) in [6.45, 7) is 2.04. The highest BCUT2D eigenvalue weighted by molar-refractivity contribution is 6.13. The Morgan fingerprint density at radius 1 is 1.05 bits per heavy atom. The van der Waals surface area contributed by atoms with Gasteiger partial charge in [-0.1, -0.05) is 43.3 Å². The van der Waals surface area contributed by atoms with Crippen molar-refractivity contribution in [2.24, 2.45) is 0 Å². The first-order valence-electron chi connectivity index (χ1n) is 7.36. The molecule has 0 aliphatic rings. The number of fused-ring (bicyclic) bond motifs is 1. The van der Waals surface area contributed by atoms with E-state index in [1.807, 2.05) is 61.5 Å². The Morgan fingerprint density at radius 2 is 1.82 bits per heavy atom. The van der Waals surface area contributed by atoms with E-state index in [9.17, 15) is 4.79 Å². The molecule has 3 aromatic carbocycles. The van der Waals surface area contributed by atoms with Crippen LogP contribution in [0.4, 0.5) is 11.4 Å². The highest BCUT2D eigenvalue weighted by atomic mass is 16.1. The van der Waals surface area contributed by atoms with Crippen molar-refractivity contribution < 1.29 is 4.79 Å². The lowest BCUT2D eigenvalue weighted by molar-refractivity contribution is 0.102. The molecule has 1 amide bonds. The van der Waals surface area contributed by atoms with Crippen LogP contribution in [0.2, 0.25) is 0 Å². The second-order valence-corrected chi connectivity index (χ2v) is 5.25. The molecule has 0 aromatic heterocycles. The van der Waals surface area contributed by atoms with Crippen LogP contribution < -0.4 is 11.1 Å². The SMILES string of the molecule is CCc1cc(N)ccc1NC(=O)c1cccc2ccccc12. The molecule has 0 fully saturated rings. The summed E-state index contributed by atoms with van der Waals surface area (Å²) in [7, 11) is 0. The van der Waals surface area contributed by atoms with E-state index in [0.717, 1.165) is 28.4 Å². The van der Waals surface area contributed by atoms with Crippen LogP contribution in [0.3, 0.4) is 0 Å². The van der Waals surface area contributed by atoms with Gasteiger partial charge in [0.2, 0.25) is 0 Å². The Morgan fingerprint density at radius 3 is 2.64 bits per heavy atom. The van der Waals surface area contributed by atoms with Gasteiger partial charge in [0.1, 0.15) is 0 Å². The van der Waals surface area contributed by atoms with Crippen molar-refractivity contribution in [2.75, 3.05) is 11.1 Å². The fourth-order valence-corrected chi connectivity index (χ4v) is 2.64. The quantitative estimate of drug-likeness (QED) is 0.709. The van der Waals surface area contributed by atoms with Crippen molar-refractivity contribution in [3.05, 3.63) is 71.8 Å². The predicted octanol–water partition coefficient (Wildman–Crippen LogP) is 4.24. The highest BCUT2D eigenvalue weighted by Crippen LogP contribution is 2.23. The van der Waals surface area contributed by atoms with Crippen molar-refractivity contribution in [1.82, 2.24) is 0 Å². The van der Waals surface area contributed by atoms with Crippen LogP contribution in [-0.2, 0) is 6.42 Å². The van der Waals surface area contributed by atoms with Gasteiger partial charge in [-0.2, -0.15) is 0 Å². The summed E-state index contributed by atoms with van der Waals surface area (Å²) in [4.78, 5) is 12.6. The third-order valence-corrected chi connectivity index (χ3v) is 3.79. The molecule has 0 heterocycles. The monoisotopic (exact) mass is 290 g/mol. The molecular formula is C19H18N2O. The molecule has 0 spiro atoms. The molecule has 3 heteroatoms. The number of aryl methyl sites for hydroxylation is 1. The van der Waals surface area contributed by atoms with E-state index in [1.165, 1.54) is 0 Å². The van der Waals surface area contributed by atoms with Gasteiger partial charge in [-0.05, 0) is 47.0 Å². The smallest absolute Gasteiger partial charge is 0.256 e. The van der Waals surface area contributed by atoms with Crippen LogP contribution in [0, 0.1) is 0 Å². The Bertz CT molecular complexity index is 834. The van der Waals surface area contributed by atoms with Gasteiger partial charge in [0, 0.05) is 16.9 Å². The third-order valence-electron chi connectivity index (χ3n) is 3.79. The minimum absolute atomic E-state index is 0.101. The second kappa shape index (κ2) is 5.90. The zero-order valence-electron chi connectivity index (χ0n) is 12.5. The topological polar surface area (TPSA) is 55.1 Å². The molecule has 110 valence electrons. The molecule has 0 atom stereocenters. The first-order chi connectivity index (χ1) is 10.7. The van der Waals surface area contributed by atoms with Gasteiger partial charge in [0.25, 0.3) is 5.91 Å². The van der Waals surface area contributed by atoms with Gasteiger partial charge in [-0.3, -0.25) is 4.79 Å². The van der Waals surface area contributed by atoms with E-state index < -0.39 is 0 Å². The number of hydrogen-bond donors (Lipinski definition) is 2. The van der Waals surface area contributed by atoms with Crippen LogP contribution >= 0.6 is 0 Å². The molecule has 0 saturated carbocycles. The van der Waals surface area contributed by atoms with E-state index in [2.05, 4.69) is 5.32 Å². The number of rotatable bonds is 3. The van der Waals surface area contributed by atoms with Gasteiger partial charge >= 0.3 is 0 Å². The zero-order chi connectivity index (χ0) is 15.5. The minimum atomic E-state index is -0.101. The van der Waals surface area contributed by atoms with Gasteiger partial charge < -0.3 is 11.1 Å². The number of anilines is 2. The summed E-state index contributed by atoms with van der Waals surface area (Å²) in [6, 6.07) is 19.2. The summed E-state index contributed by atoms with van der Waals surface area (Å²) < 4.78 is 0. The maximum absolute atomic E-state index is 12.6. The van der Waals surface area contributed by atoms with Crippen LogP contribution in [0.1, 0.15) is 22.8 Å². The fourth-order valence-electron chi connectivity index (χ4n) is 2.64. The Kier molecular flexibility index (Phi) is 3.79. The third kappa shape index (κ3) is 2.66. The summed E-state index contributed by atoms with van der Waals surface area (Å²) in [6.07, 6.45) is 0.816. The predicted molar refractivity (Wildman–Crippen MR) is 92.1 cm³/mol. The molecule has 3 N–H and O–H groups in total. The molecule has 3 nitrogen and oxygen atoms in total. The van der Waals surface area contributed by atoms with Crippen LogP contribution in [-0.4, -0.2) is 5.91 Å². The summed E-state index contributed by atoms with van der Waals surface area (Å²) in [5.41, 5.74) is 9.04. The van der Waals surface area contributed by atoms with E-state index in [-0.39, 0.29) is 5.91 Å². The first kappa shape index (κ1) is 14.1. The summed E-state index contributed by atoms with van der Waals surface area (Å²) >= 11 is 0. The number of nitrogens with one attached hydrogen (secondary N) is 1.